The predicted molar refractivity (Wildman–Crippen MR) is 65.6 cm³/mol. The first-order valence-electron chi connectivity index (χ1n) is 6.83. The summed E-state index contributed by atoms with van der Waals surface area (Å²) in [5.41, 5.74) is 0. The molecule has 0 amide bonds. The number of hydrogen-bond acceptors (Lipinski definition) is 4. The molecule has 0 bridgehead atoms. The summed E-state index contributed by atoms with van der Waals surface area (Å²) in [5, 5.41) is 36.0. The van der Waals surface area contributed by atoms with E-state index in [4.69, 9.17) is 10.2 Å². The molecule has 0 heterocycles. The minimum atomic E-state index is -0.458. The minimum Gasteiger partial charge on any atom is -0.390 e. The molecule has 4 N–H and O–H groups in total. The molecule has 0 spiro atoms. The van der Waals surface area contributed by atoms with Crippen LogP contribution < -0.4 is 0 Å². The Hall–Kier alpha value is -0.160. The maximum Gasteiger partial charge on any atom is 0.0799 e. The average Bonchev–Trinajstić information content (AvgIpc) is 2.66. The summed E-state index contributed by atoms with van der Waals surface area (Å²) in [6.45, 7) is 0. The van der Waals surface area contributed by atoms with Crippen molar-refractivity contribution in [3.63, 3.8) is 0 Å². The quantitative estimate of drug-likeness (QED) is 0.513. The molecule has 4 heteroatoms. The third kappa shape index (κ3) is 5.82. The summed E-state index contributed by atoms with van der Waals surface area (Å²) >= 11 is 0. The van der Waals surface area contributed by atoms with E-state index >= 15 is 0 Å². The zero-order chi connectivity index (χ0) is 12.7. The lowest BCUT2D eigenvalue weighted by atomic mass is 9.96. The van der Waals surface area contributed by atoms with Gasteiger partial charge in [-0.25, -0.2) is 0 Å². The van der Waals surface area contributed by atoms with Gasteiger partial charge in [-0.15, -0.1) is 0 Å². The van der Waals surface area contributed by atoms with Gasteiger partial charge in [-0.3, -0.25) is 0 Å². The van der Waals surface area contributed by atoms with Crippen LogP contribution in [0.2, 0.25) is 0 Å². The molecule has 2 saturated carbocycles. The summed E-state index contributed by atoms with van der Waals surface area (Å²) in [6, 6.07) is 0. The van der Waals surface area contributed by atoms with Crippen LogP contribution in [0, 0.1) is 0 Å². The highest BCUT2D eigenvalue weighted by molar-refractivity contribution is 4.74. The SMILES string of the molecule is O[C@@H]1CCCCCC[C@@H]1O.O[C@@H]1CCC[C@@H]1O. The second kappa shape index (κ2) is 8.03. The van der Waals surface area contributed by atoms with Crippen molar-refractivity contribution in [1.82, 2.24) is 0 Å². The van der Waals surface area contributed by atoms with Crippen LogP contribution in [0.15, 0.2) is 0 Å². The summed E-state index contributed by atoms with van der Waals surface area (Å²) in [6.07, 6.45) is 6.87. The van der Waals surface area contributed by atoms with Crippen LogP contribution in [-0.2, 0) is 0 Å². The minimum absolute atomic E-state index is 0.431. The van der Waals surface area contributed by atoms with Crippen LogP contribution in [-0.4, -0.2) is 44.8 Å². The van der Waals surface area contributed by atoms with Gasteiger partial charge in [0, 0.05) is 0 Å². The van der Waals surface area contributed by atoms with E-state index in [2.05, 4.69) is 0 Å². The zero-order valence-electron chi connectivity index (χ0n) is 10.5. The first-order valence-corrected chi connectivity index (χ1v) is 6.83. The molecule has 0 aromatic rings. The maximum absolute atomic E-state index is 9.23. The van der Waals surface area contributed by atoms with Crippen LogP contribution in [0.5, 0.6) is 0 Å². The molecule has 0 aromatic carbocycles. The van der Waals surface area contributed by atoms with Gasteiger partial charge in [-0.1, -0.05) is 25.7 Å². The topological polar surface area (TPSA) is 80.9 Å². The summed E-state index contributed by atoms with van der Waals surface area (Å²) < 4.78 is 0. The Morgan fingerprint density at radius 3 is 1.00 bits per heavy atom. The summed E-state index contributed by atoms with van der Waals surface area (Å²) in [7, 11) is 0. The number of aliphatic hydroxyl groups is 4. The predicted octanol–water partition coefficient (Wildman–Crippen LogP) is 0.954. The molecule has 4 nitrogen and oxygen atoms in total. The number of hydrogen-bond donors (Lipinski definition) is 4. The van der Waals surface area contributed by atoms with E-state index in [9.17, 15) is 10.2 Å². The van der Waals surface area contributed by atoms with Crippen LogP contribution in [0.3, 0.4) is 0 Å². The molecule has 2 rings (SSSR count). The molecule has 2 aliphatic carbocycles. The second-order valence-electron chi connectivity index (χ2n) is 5.19. The van der Waals surface area contributed by atoms with Gasteiger partial charge in [0.2, 0.25) is 0 Å². The first-order chi connectivity index (χ1) is 8.11. The van der Waals surface area contributed by atoms with E-state index < -0.39 is 24.4 Å². The molecule has 102 valence electrons. The summed E-state index contributed by atoms with van der Waals surface area (Å²) in [4.78, 5) is 0. The van der Waals surface area contributed by atoms with E-state index in [-0.39, 0.29) is 0 Å². The van der Waals surface area contributed by atoms with E-state index in [1.807, 2.05) is 0 Å². The van der Waals surface area contributed by atoms with E-state index in [0.717, 1.165) is 44.9 Å². The van der Waals surface area contributed by atoms with Gasteiger partial charge < -0.3 is 20.4 Å². The van der Waals surface area contributed by atoms with Crippen LogP contribution in [0.1, 0.15) is 57.8 Å². The Morgan fingerprint density at radius 1 is 0.412 bits per heavy atom. The monoisotopic (exact) mass is 246 g/mol. The van der Waals surface area contributed by atoms with E-state index in [1.165, 1.54) is 12.8 Å². The Kier molecular flexibility index (Phi) is 7.04. The zero-order valence-corrected chi connectivity index (χ0v) is 10.5. The van der Waals surface area contributed by atoms with Crippen molar-refractivity contribution in [3.05, 3.63) is 0 Å². The third-order valence-corrected chi connectivity index (χ3v) is 3.64. The van der Waals surface area contributed by atoms with E-state index in [1.54, 1.807) is 0 Å². The fourth-order valence-electron chi connectivity index (χ4n) is 2.37. The molecular formula is C13H26O4. The van der Waals surface area contributed by atoms with Crippen molar-refractivity contribution in [1.29, 1.82) is 0 Å². The van der Waals surface area contributed by atoms with Gasteiger partial charge in [0.15, 0.2) is 0 Å². The Labute approximate surface area is 103 Å². The van der Waals surface area contributed by atoms with Crippen molar-refractivity contribution < 1.29 is 20.4 Å². The molecule has 17 heavy (non-hydrogen) atoms. The fourth-order valence-corrected chi connectivity index (χ4v) is 2.37. The molecule has 0 aromatic heterocycles. The lowest BCUT2D eigenvalue weighted by Crippen LogP contribution is -2.26. The maximum atomic E-state index is 9.23. The van der Waals surface area contributed by atoms with Gasteiger partial charge >= 0.3 is 0 Å². The lowest BCUT2D eigenvalue weighted by Gasteiger charge is -2.19. The Morgan fingerprint density at radius 2 is 0.706 bits per heavy atom. The molecule has 0 saturated heterocycles. The lowest BCUT2D eigenvalue weighted by molar-refractivity contribution is 0.00303. The third-order valence-electron chi connectivity index (χ3n) is 3.64. The standard InChI is InChI=1S/C8H16O2.C5H10O2/c9-7-5-3-1-2-4-6-8(7)10;6-4-2-1-3-5(4)7/h7-10H,1-6H2;4-7H,1-3H2/t7-,8+;4-,5+. The van der Waals surface area contributed by atoms with Crippen molar-refractivity contribution in [3.8, 4) is 0 Å². The first kappa shape index (κ1) is 14.9. The van der Waals surface area contributed by atoms with Crippen molar-refractivity contribution >= 4 is 0 Å². The Bertz CT molecular complexity index is 178. The highest BCUT2D eigenvalue weighted by atomic mass is 16.3. The molecule has 0 aliphatic heterocycles. The van der Waals surface area contributed by atoms with E-state index in [0.29, 0.717) is 0 Å². The molecule has 4 atom stereocenters. The smallest absolute Gasteiger partial charge is 0.0799 e. The molecule has 0 unspecified atom stereocenters. The molecule has 2 fully saturated rings. The van der Waals surface area contributed by atoms with Crippen LogP contribution in [0.25, 0.3) is 0 Å². The van der Waals surface area contributed by atoms with Crippen molar-refractivity contribution in [2.75, 3.05) is 0 Å². The summed E-state index contributed by atoms with van der Waals surface area (Å²) in [5.74, 6) is 0. The van der Waals surface area contributed by atoms with Crippen LogP contribution in [0.4, 0.5) is 0 Å². The van der Waals surface area contributed by atoms with Gasteiger partial charge in [0.25, 0.3) is 0 Å². The normalized spacial score (nSPS) is 38.8. The molecular weight excluding hydrogens is 220 g/mol. The van der Waals surface area contributed by atoms with Crippen LogP contribution >= 0.6 is 0 Å². The fraction of sp³-hybridized carbons (Fsp3) is 1.00. The molecule has 2 aliphatic rings. The Balaban J connectivity index is 0.000000181. The van der Waals surface area contributed by atoms with Gasteiger partial charge in [0.1, 0.15) is 0 Å². The number of rotatable bonds is 0. The van der Waals surface area contributed by atoms with Gasteiger partial charge in [-0.05, 0) is 32.1 Å². The largest absolute Gasteiger partial charge is 0.390 e. The highest BCUT2D eigenvalue weighted by Crippen LogP contribution is 2.18. The van der Waals surface area contributed by atoms with Gasteiger partial charge in [-0.2, -0.15) is 0 Å². The van der Waals surface area contributed by atoms with Crippen molar-refractivity contribution in [2.24, 2.45) is 0 Å². The highest BCUT2D eigenvalue weighted by Gasteiger charge is 2.21. The number of aliphatic hydroxyl groups excluding tert-OH is 4. The van der Waals surface area contributed by atoms with Gasteiger partial charge in [0.05, 0.1) is 24.4 Å². The average molecular weight is 246 g/mol. The van der Waals surface area contributed by atoms with Crippen molar-refractivity contribution in [2.45, 2.75) is 82.2 Å². The molecule has 0 radical (unpaired) electrons. The second-order valence-corrected chi connectivity index (χ2v) is 5.19.